The van der Waals surface area contributed by atoms with Crippen LogP contribution in [0.3, 0.4) is 0 Å². The predicted molar refractivity (Wildman–Crippen MR) is 137 cm³/mol. The number of nitrogens with zero attached hydrogens (tertiary/aromatic N) is 4. The number of rotatable bonds is 6. The maximum Gasteiger partial charge on any atom is 0.272 e. The van der Waals surface area contributed by atoms with Crippen molar-refractivity contribution in [3.8, 4) is 5.69 Å². The third-order valence-electron chi connectivity index (χ3n) is 5.97. The van der Waals surface area contributed by atoms with Crippen LogP contribution in [-0.4, -0.2) is 46.8 Å². The molecular weight excluding hydrogens is 446 g/mol. The smallest absolute Gasteiger partial charge is 0.272 e. The minimum atomic E-state index is -0.00643. The van der Waals surface area contributed by atoms with Crippen LogP contribution in [0.25, 0.3) is 5.69 Å². The quantitative estimate of drug-likeness (QED) is 0.425. The highest BCUT2D eigenvalue weighted by atomic mass is 35.5. The molecule has 5 rings (SSSR count). The highest BCUT2D eigenvalue weighted by molar-refractivity contribution is 6.30. The summed E-state index contributed by atoms with van der Waals surface area (Å²) in [6.07, 6.45) is 0. The van der Waals surface area contributed by atoms with E-state index in [1.807, 2.05) is 89.8 Å². The second kappa shape index (κ2) is 10.0. The lowest BCUT2D eigenvalue weighted by Crippen LogP contribution is -2.49. The van der Waals surface area contributed by atoms with E-state index >= 15 is 0 Å². The van der Waals surface area contributed by atoms with E-state index in [0.717, 1.165) is 40.9 Å². The number of piperazine rings is 1. The Morgan fingerprint density at radius 3 is 2.21 bits per heavy atom. The van der Waals surface area contributed by atoms with Crippen LogP contribution in [0.2, 0.25) is 5.02 Å². The van der Waals surface area contributed by atoms with Crippen molar-refractivity contribution in [3.63, 3.8) is 0 Å². The van der Waals surface area contributed by atoms with E-state index in [-0.39, 0.29) is 5.91 Å². The summed E-state index contributed by atoms with van der Waals surface area (Å²) in [6, 6.07) is 29.5. The number of anilines is 2. The number of aromatic nitrogens is 2. The number of carbonyl (C=O) groups is 1. The largest absolute Gasteiger partial charge is 0.379 e. The summed E-state index contributed by atoms with van der Waals surface area (Å²) in [5.41, 5.74) is 4.36. The van der Waals surface area contributed by atoms with Gasteiger partial charge in [0, 0.05) is 42.6 Å². The van der Waals surface area contributed by atoms with Crippen LogP contribution in [0, 0.1) is 0 Å². The van der Waals surface area contributed by atoms with Crippen molar-refractivity contribution in [1.29, 1.82) is 0 Å². The summed E-state index contributed by atoms with van der Waals surface area (Å²) in [4.78, 5) is 17.8. The molecule has 6 nitrogen and oxygen atoms in total. The van der Waals surface area contributed by atoms with Gasteiger partial charge in [-0.25, -0.2) is 4.68 Å². The molecule has 1 N–H and O–H groups in total. The number of nitrogens with one attached hydrogen (secondary N) is 1. The van der Waals surface area contributed by atoms with Crippen molar-refractivity contribution in [2.75, 3.05) is 36.4 Å². The van der Waals surface area contributed by atoms with E-state index in [0.29, 0.717) is 25.3 Å². The number of carbonyl (C=O) groups excluding carboxylic acids is 1. The fourth-order valence-electron chi connectivity index (χ4n) is 4.19. The molecule has 1 amide bonds. The Hall–Kier alpha value is -3.77. The molecule has 0 radical (unpaired) electrons. The number of benzene rings is 3. The maximum atomic E-state index is 13.6. The first-order valence-electron chi connectivity index (χ1n) is 11.4. The summed E-state index contributed by atoms with van der Waals surface area (Å²) in [5.74, 6) is -0.00643. The van der Waals surface area contributed by atoms with Crippen molar-refractivity contribution in [2.24, 2.45) is 0 Å². The average molecular weight is 472 g/mol. The van der Waals surface area contributed by atoms with Crippen LogP contribution >= 0.6 is 11.6 Å². The van der Waals surface area contributed by atoms with Crippen LogP contribution < -0.4 is 10.2 Å². The minimum Gasteiger partial charge on any atom is -0.379 e. The Morgan fingerprint density at radius 2 is 1.50 bits per heavy atom. The van der Waals surface area contributed by atoms with Crippen molar-refractivity contribution < 1.29 is 4.79 Å². The van der Waals surface area contributed by atoms with Gasteiger partial charge in [0.15, 0.2) is 0 Å². The first-order valence-corrected chi connectivity index (χ1v) is 11.8. The number of hydrogen-bond donors (Lipinski definition) is 1. The van der Waals surface area contributed by atoms with Gasteiger partial charge in [0.05, 0.1) is 17.9 Å². The zero-order chi connectivity index (χ0) is 23.3. The highest BCUT2D eigenvalue weighted by Crippen LogP contribution is 2.22. The van der Waals surface area contributed by atoms with Gasteiger partial charge >= 0.3 is 0 Å². The molecule has 0 saturated carbocycles. The summed E-state index contributed by atoms with van der Waals surface area (Å²) in [6.45, 7) is 3.33. The Balaban J connectivity index is 1.34. The molecular formula is C27H26ClN5O. The van der Waals surface area contributed by atoms with Crippen molar-refractivity contribution in [1.82, 2.24) is 14.7 Å². The molecule has 4 aromatic rings. The number of hydrogen-bond acceptors (Lipinski definition) is 4. The van der Waals surface area contributed by atoms with E-state index < -0.39 is 0 Å². The molecule has 0 spiro atoms. The second-order valence-corrected chi connectivity index (χ2v) is 8.68. The molecule has 34 heavy (non-hydrogen) atoms. The molecule has 7 heteroatoms. The van der Waals surface area contributed by atoms with Crippen LogP contribution in [0.5, 0.6) is 0 Å². The molecule has 1 aliphatic heterocycles. The first kappa shape index (κ1) is 22.0. The lowest BCUT2D eigenvalue weighted by Gasteiger charge is -2.36. The molecule has 1 aromatic heterocycles. The zero-order valence-corrected chi connectivity index (χ0v) is 19.5. The van der Waals surface area contributed by atoms with Crippen molar-refractivity contribution in [3.05, 3.63) is 107 Å². The number of para-hydroxylation sites is 2. The predicted octanol–water partition coefficient (Wildman–Crippen LogP) is 5.10. The lowest BCUT2D eigenvalue weighted by atomic mass is 10.2. The molecule has 1 fully saturated rings. The number of amides is 1. The van der Waals surface area contributed by atoms with Gasteiger partial charge in [-0.15, -0.1) is 0 Å². The normalized spacial score (nSPS) is 13.7. The minimum absolute atomic E-state index is 0.00643. The van der Waals surface area contributed by atoms with Gasteiger partial charge in [0.1, 0.15) is 5.69 Å². The van der Waals surface area contributed by atoms with Crippen molar-refractivity contribution in [2.45, 2.75) is 6.54 Å². The Labute approximate surface area is 204 Å². The van der Waals surface area contributed by atoms with E-state index in [9.17, 15) is 4.79 Å². The Kier molecular flexibility index (Phi) is 6.49. The van der Waals surface area contributed by atoms with Crippen LogP contribution in [-0.2, 0) is 6.54 Å². The summed E-state index contributed by atoms with van der Waals surface area (Å²) < 4.78 is 1.76. The Bertz CT molecular complexity index is 1250. The molecule has 0 bridgehead atoms. The molecule has 172 valence electrons. The summed E-state index contributed by atoms with van der Waals surface area (Å²) in [5, 5.41) is 8.87. The molecule has 1 aliphatic rings. The fourth-order valence-corrected chi connectivity index (χ4v) is 4.37. The lowest BCUT2D eigenvalue weighted by molar-refractivity contribution is 0.0737. The molecule has 3 aromatic carbocycles. The second-order valence-electron chi connectivity index (χ2n) is 8.25. The topological polar surface area (TPSA) is 53.4 Å². The monoisotopic (exact) mass is 471 g/mol. The third kappa shape index (κ3) is 4.92. The van der Waals surface area contributed by atoms with Gasteiger partial charge in [-0.1, -0.05) is 54.1 Å². The van der Waals surface area contributed by atoms with E-state index in [1.165, 1.54) is 0 Å². The van der Waals surface area contributed by atoms with Gasteiger partial charge in [-0.3, -0.25) is 4.79 Å². The summed E-state index contributed by atoms with van der Waals surface area (Å²) >= 11 is 6.16. The molecule has 1 saturated heterocycles. The van der Waals surface area contributed by atoms with Gasteiger partial charge < -0.3 is 15.1 Å². The number of halogens is 1. The van der Waals surface area contributed by atoms with Crippen molar-refractivity contribution >= 4 is 28.9 Å². The maximum absolute atomic E-state index is 13.6. The van der Waals surface area contributed by atoms with E-state index in [4.69, 9.17) is 16.7 Å². The average Bonchev–Trinajstić information content (AvgIpc) is 3.33. The molecule has 2 heterocycles. The standard InChI is InChI=1S/C27H26ClN5O/c28-21-8-7-13-25(18-21)31-14-16-32(17-15-31)27(34)26-19-23(20-29-22-9-3-1-4-10-22)30-33(26)24-11-5-2-6-12-24/h1-13,18-19,29H,14-17,20H2. The van der Waals surface area contributed by atoms with E-state index in [1.54, 1.807) is 4.68 Å². The molecule has 0 atom stereocenters. The molecule has 0 unspecified atom stereocenters. The SMILES string of the molecule is O=C(c1cc(CNc2ccccc2)nn1-c1ccccc1)N1CCN(c2cccc(Cl)c2)CC1. The van der Waals surface area contributed by atoms with Crippen LogP contribution in [0.1, 0.15) is 16.2 Å². The van der Waals surface area contributed by atoms with Gasteiger partial charge in [0.2, 0.25) is 0 Å². The molecule has 0 aliphatic carbocycles. The summed E-state index contributed by atoms with van der Waals surface area (Å²) in [7, 11) is 0. The van der Waals surface area contributed by atoms with Crippen LogP contribution in [0.15, 0.2) is 91.0 Å². The zero-order valence-electron chi connectivity index (χ0n) is 18.8. The Morgan fingerprint density at radius 1 is 0.824 bits per heavy atom. The van der Waals surface area contributed by atoms with Gasteiger partial charge in [0.25, 0.3) is 5.91 Å². The highest BCUT2D eigenvalue weighted by Gasteiger charge is 2.26. The third-order valence-corrected chi connectivity index (χ3v) is 6.20. The van der Waals surface area contributed by atoms with Crippen LogP contribution in [0.4, 0.5) is 11.4 Å². The first-order chi connectivity index (χ1) is 16.7. The van der Waals surface area contributed by atoms with Gasteiger partial charge in [-0.2, -0.15) is 5.10 Å². The van der Waals surface area contributed by atoms with Gasteiger partial charge in [-0.05, 0) is 48.5 Å². The fraction of sp³-hybridized carbons (Fsp3) is 0.185. The van der Waals surface area contributed by atoms with E-state index in [2.05, 4.69) is 16.3 Å².